The van der Waals surface area contributed by atoms with E-state index in [4.69, 9.17) is 10.9 Å². The van der Waals surface area contributed by atoms with Crippen molar-refractivity contribution in [2.75, 3.05) is 0 Å². The van der Waals surface area contributed by atoms with Crippen LogP contribution in [0.1, 0.15) is 19.3 Å². The fourth-order valence-corrected chi connectivity index (χ4v) is 1.31. The maximum Gasteiger partial charge on any atom is 0.401 e. The number of oxime groups is 1. The van der Waals surface area contributed by atoms with Crippen molar-refractivity contribution in [1.29, 1.82) is 0 Å². The monoisotopic (exact) mass is 182 g/mol. The van der Waals surface area contributed by atoms with Crippen molar-refractivity contribution in [3.63, 3.8) is 0 Å². The predicted molar refractivity (Wildman–Crippen MR) is 35.7 cm³/mol. The summed E-state index contributed by atoms with van der Waals surface area (Å²) in [7, 11) is 0. The van der Waals surface area contributed by atoms with Crippen LogP contribution in [0.3, 0.4) is 0 Å². The predicted octanol–water partition coefficient (Wildman–Crippen LogP) is 1.47. The Hall–Kier alpha value is -0.940. The summed E-state index contributed by atoms with van der Waals surface area (Å²) in [5, 5.41) is 10.6. The van der Waals surface area contributed by atoms with Crippen LogP contribution in [0.2, 0.25) is 0 Å². The zero-order valence-electron chi connectivity index (χ0n) is 6.23. The molecule has 1 aliphatic rings. The number of nitrogens with two attached hydrogens (primary N) is 1. The Morgan fingerprint density at radius 2 is 1.92 bits per heavy atom. The smallest absolute Gasteiger partial charge is 0.401 e. The second-order valence-corrected chi connectivity index (χ2v) is 2.92. The van der Waals surface area contributed by atoms with Crippen molar-refractivity contribution >= 4 is 5.84 Å². The normalized spacial score (nSPS) is 23.4. The van der Waals surface area contributed by atoms with Crippen LogP contribution in [0.4, 0.5) is 13.2 Å². The maximum absolute atomic E-state index is 12.3. The van der Waals surface area contributed by atoms with Gasteiger partial charge in [-0.25, -0.2) is 0 Å². The molecule has 1 aliphatic carbocycles. The second kappa shape index (κ2) is 2.53. The van der Waals surface area contributed by atoms with E-state index in [2.05, 4.69) is 5.16 Å². The molecule has 0 radical (unpaired) electrons. The van der Waals surface area contributed by atoms with E-state index in [9.17, 15) is 13.2 Å². The first kappa shape index (κ1) is 9.15. The first-order valence-corrected chi connectivity index (χ1v) is 3.49. The van der Waals surface area contributed by atoms with Gasteiger partial charge in [-0.15, -0.1) is 0 Å². The summed E-state index contributed by atoms with van der Waals surface area (Å²) in [6.45, 7) is 0. The molecule has 0 saturated heterocycles. The minimum atomic E-state index is -4.40. The van der Waals surface area contributed by atoms with E-state index in [-0.39, 0.29) is 12.8 Å². The molecule has 70 valence electrons. The third-order valence-corrected chi connectivity index (χ3v) is 2.35. The van der Waals surface area contributed by atoms with Gasteiger partial charge in [-0.1, -0.05) is 11.6 Å². The van der Waals surface area contributed by atoms with E-state index >= 15 is 0 Å². The first-order valence-electron chi connectivity index (χ1n) is 3.49. The molecule has 3 N–H and O–H groups in total. The van der Waals surface area contributed by atoms with Crippen molar-refractivity contribution in [3.8, 4) is 0 Å². The Bertz CT molecular complexity index is 207. The lowest BCUT2D eigenvalue weighted by molar-refractivity contribution is -0.221. The Balaban J connectivity index is 2.91. The first-order chi connectivity index (χ1) is 5.44. The number of rotatable bonds is 1. The Morgan fingerprint density at radius 3 is 2.00 bits per heavy atom. The van der Waals surface area contributed by atoms with Crippen molar-refractivity contribution in [2.24, 2.45) is 16.3 Å². The Morgan fingerprint density at radius 1 is 1.42 bits per heavy atom. The summed E-state index contributed by atoms with van der Waals surface area (Å²) in [5.74, 6) is -0.721. The Labute approximate surface area is 67.0 Å². The molecule has 1 saturated carbocycles. The van der Waals surface area contributed by atoms with Gasteiger partial charge in [0.15, 0.2) is 5.84 Å². The quantitative estimate of drug-likeness (QED) is 0.279. The average molecular weight is 182 g/mol. The van der Waals surface area contributed by atoms with Crippen molar-refractivity contribution in [3.05, 3.63) is 0 Å². The van der Waals surface area contributed by atoms with E-state index in [1.807, 2.05) is 0 Å². The topological polar surface area (TPSA) is 58.6 Å². The van der Waals surface area contributed by atoms with Crippen molar-refractivity contribution < 1.29 is 18.4 Å². The van der Waals surface area contributed by atoms with Crippen molar-refractivity contribution in [2.45, 2.75) is 25.4 Å². The summed E-state index contributed by atoms with van der Waals surface area (Å²) >= 11 is 0. The fraction of sp³-hybridized carbons (Fsp3) is 0.833. The van der Waals surface area contributed by atoms with Crippen LogP contribution in [0.15, 0.2) is 5.16 Å². The molecule has 1 fully saturated rings. The van der Waals surface area contributed by atoms with Gasteiger partial charge < -0.3 is 10.9 Å². The number of alkyl halides is 3. The molecule has 0 spiro atoms. The molecule has 0 aromatic carbocycles. The molecule has 3 nitrogen and oxygen atoms in total. The van der Waals surface area contributed by atoms with Crippen LogP contribution in [0.5, 0.6) is 0 Å². The standard InChI is InChI=1S/C6H9F3N2O/c7-6(8,9)5(2-1-3-5)4(10)11-12/h12H,1-3H2,(H2,10,11). The number of halogens is 3. The van der Waals surface area contributed by atoms with Crippen molar-refractivity contribution in [1.82, 2.24) is 0 Å². The molecular formula is C6H9F3N2O. The summed E-state index contributed by atoms with van der Waals surface area (Å²) < 4.78 is 37.0. The molecule has 0 atom stereocenters. The van der Waals surface area contributed by atoms with E-state index in [1.54, 1.807) is 0 Å². The molecule has 0 amide bonds. The summed E-state index contributed by atoms with van der Waals surface area (Å²) in [6.07, 6.45) is -4.09. The average Bonchev–Trinajstić information content (AvgIpc) is 1.81. The van der Waals surface area contributed by atoms with Gasteiger partial charge in [-0.2, -0.15) is 13.2 Å². The van der Waals surface area contributed by atoms with Gasteiger partial charge in [-0.05, 0) is 12.8 Å². The van der Waals surface area contributed by atoms with Crippen LogP contribution in [0.25, 0.3) is 0 Å². The zero-order chi connectivity index (χ0) is 9.41. The van der Waals surface area contributed by atoms with Gasteiger partial charge in [0.1, 0.15) is 5.41 Å². The Kier molecular flexibility index (Phi) is 1.93. The highest BCUT2D eigenvalue weighted by atomic mass is 19.4. The number of hydrogen-bond acceptors (Lipinski definition) is 2. The van der Waals surface area contributed by atoms with Gasteiger partial charge in [-0.3, -0.25) is 0 Å². The molecule has 0 bridgehead atoms. The highest BCUT2D eigenvalue weighted by Crippen LogP contribution is 2.52. The van der Waals surface area contributed by atoms with E-state index in [0.717, 1.165) is 0 Å². The summed E-state index contributed by atoms with van der Waals surface area (Å²) in [6, 6.07) is 0. The molecule has 0 unspecified atom stereocenters. The third kappa shape index (κ3) is 1.02. The van der Waals surface area contributed by atoms with Crippen LogP contribution in [-0.4, -0.2) is 17.2 Å². The lowest BCUT2D eigenvalue weighted by Crippen LogP contribution is -2.53. The maximum atomic E-state index is 12.3. The lowest BCUT2D eigenvalue weighted by Gasteiger charge is -2.41. The van der Waals surface area contributed by atoms with Crippen LogP contribution in [-0.2, 0) is 0 Å². The van der Waals surface area contributed by atoms with Gasteiger partial charge in [0.05, 0.1) is 0 Å². The van der Waals surface area contributed by atoms with Crippen LogP contribution >= 0.6 is 0 Å². The highest BCUT2D eigenvalue weighted by molar-refractivity contribution is 5.87. The van der Waals surface area contributed by atoms with E-state index < -0.39 is 17.4 Å². The van der Waals surface area contributed by atoms with Crippen LogP contribution in [0, 0.1) is 5.41 Å². The number of amidine groups is 1. The molecule has 12 heavy (non-hydrogen) atoms. The molecule has 0 heterocycles. The molecule has 0 aromatic heterocycles. The third-order valence-electron chi connectivity index (χ3n) is 2.35. The molecular weight excluding hydrogens is 173 g/mol. The largest absolute Gasteiger partial charge is 0.409 e. The van der Waals surface area contributed by atoms with E-state index in [0.29, 0.717) is 6.42 Å². The molecule has 1 rings (SSSR count). The lowest BCUT2D eigenvalue weighted by atomic mass is 9.67. The second-order valence-electron chi connectivity index (χ2n) is 2.92. The molecule has 0 aromatic rings. The number of hydrogen-bond donors (Lipinski definition) is 2. The van der Waals surface area contributed by atoms with Gasteiger partial charge in [0.25, 0.3) is 0 Å². The zero-order valence-corrected chi connectivity index (χ0v) is 6.23. The number of nitrogens with zero attached hydrogens (tertiary/aromatic N) is 1. The van der Waals surface area contributed by atoms with Gasteiger partial charge in [0, 0.05) is 0 Å². The SMILES string of the molecule is N/C(=N\O)C1(C(F)(F)F)CCC1. The molecule has 0 aliphatic heterocycles. The fourth-order valence-electron chi connectivity index (χ4n) is 1.31. The minimum Gasteiger partial charge on any atom is -0.409 e. The summed E-state index contributed by atoms with van der Waals surface area (Å²) in [4.78, 5) is 0. The highest BCUT2D eigenvalue weighted by Gasteiger charge is 2.61. The van der Waals surface area contributed by atoms with Crippen LogP contribution < -0.4 is 5.73 Å². The van der Waals surface area contributed by atoms with Gasteiger partial charge >= 0.3 is 6.18 Å². The molecule has 6 heteroatoms. The minimum absolute atomic E-state index is 0.0770. The van der Waals surface area contributed by atoms with Gasteiger partial charge in [0.2, 0.25) is 0 Å². The van der Waals surface area contributed by atoms with E-state index in [1.165, 1.54) is 0 Å². The summed E-state index contributed by atoms with van der Waals surface area (Å²) in [5.41, 5.74) is 2.93.